The highest BCUT2D eigenvalue weighted by atomic mass is 16.6. The number of alkyl carbamates (subject to hydrolysis) is 1. The molecule has 0 spiro atoms. The quantitative estimate of drug-likeness (QED) is 0.145. The van der Waals surface area contributed by atoms with Gasteiger partial charge in [-0.15, -0.1) is 0 Å². The number of rotatable bonds is 17. The van der Waals surface area contributed by atoms with Gasteiger partial charge in [0.15, 0.2) is 0 Å². The maximum absolute atomic E-state index is 11.9. The van der Waals surface area contributed by atoms with Crippen LogP contribution in [0.4, 0.5) is 4.79 Å². The maximum Gasteiger partial charge on any atom is 0.408 e. The summed E-state index contributed by atoms with van der Waals surface area (Å²) in [5.74, 6) is 0.0178. The molecule has 32 heavy (non-hydrogen) atoms. The van der Waals surface area contributed by atoms with Crippen molar-refractivity contribution in [1.82, 2.24) is 10.6 Å². The Balaban J connectivity index is 2.35. The molecule has 6 nitrogen and oxygen atoms in total. The van der Waals surface area contributed by atoms with Crippen LogP contribution in [0.1, 0.15) is 71.3 Å². The molecule has 0 radical (unpaired) electrons. The predicted octanol–water partition coefficient (Wildman–Crippen LogP) is 5.38. The van der Waals surface area contributed by atoms with Crippen molar-refractivity contribution in [3.63, 3.8) is 0 Å². The van der Waals surface area contributed by atoms with E-state index < -0.39 is 12.1 Å². The fourth-order valence-electron chi connectivity index (χ4n) is 3.44. The molecule has 6 heteroatoms. The van der Waals surface area contributed by atoms with Crippen molar-refractivity contribution in [2.24, 2.45) is 5.92 Å². The van der Waals surface area contributed by atoms with Crippen molar-refractivity contribution in [2.45, 2.75) is 78.3 Å². The van der Waals surface area contributed by atoms with Gasteiger partial charge in [0, 0.05) is 12.1 Å². The fraction of sp³-hybridized carbons (Fsp3) is 0.615. The zero-order chi connectivity index (χ0) is 23.6. The molecule has 2 atom stereocenters. The molecule has 0 aliphatic carbocycles. The molecule has 0 aliphatic rings. The van der Waals surface area contributed by atoms with Gasteiger partial charge in [-0.3, -0.25) is 5.32 Å². The first-order chi connectivity index (χ1) is 15.4. The third-order valence-electron chi connectivity index (χ3n) is 5.28. The number of hydrogen-bond donors (Lipinski definition) is 2. The Kier molecular flexibility index (Phi) is 14.9. The van der Waals surface area contributed by atoms with Gasteiger partial charge < -0.3 is 14.8 Å². The van der Waals surface area contributed by atoms with E-state index in [4.69, 9.17) is 9.47 Å². The molecule has 2 unspecified atom stereocenters. The van der Waals surface area contributed by atoms with Crippen molar-refractivity contribution in [1.29, 1.82) is 0 Å². The first-order valence-corrected chi connectivity index (χ1v) is 12.0. The number of esters is 1. The second-order valence-corrected chi connectivity index (χ2v) is 8.44. The van der Waals surface area contributed by atoms with E-state index in [0.717, 1.165) is 13.0 Å². The van der Waals surface area contributed by atoms with E-state index in [0.29, 0.717) is 11.5 Å². The smallest absolute Gasteiger partial charge is 0.408 e. The van der Waals surface area contributed by atoms with E-state index in [-0.39, 0.29) is 19.4 Å². The van der Waals surface area contributed by atoms with Crippen LogP contribution < -0.4 is 10.6 Å². The lowest BCUT2D eigenvalue weighted by Crippen LogP contribution is -2.45. The van der Waals surface area contributed by atoms with Gasteiger partial charge in [0.2, 0.25) is 0 Å². The lowest BCUT2D eigenvalue weighted by atomic mass is 9.93. The number of nitrogens with one attached hydrogen (secondary N) is 2. The Labute approximate surface area is 194 Å². The summed E-state index contributed by atoms with van der Waals surface area (Å²) < 4.78 is 9.96. The monoisotopic (exact) mass is 446 g/mol. The van der Waals surface area contributed by atoms with Gasteiger partial charge >= 0.3 is 12.1 Å². The normalized spacial score (nSPS) is 12.6. The molecule has 1 rings (SSSR count). The van der Waals surface area contributed by atoms with Gasteiger partial charge in [-0.1, -0.05) is 82.4 Å². The third-order valence-corrected chi connectivity index (χ3v) is 5.28. The van der Waals surface area contributed by atoms with E-state index in [1.165, 1.54) is 50.5 Å². The van der Waals surface area contributed by atoms with Gasteiger partial charge in [0.25, 0.3) is 0 Å². The summed E-state index contributed by atoms with van der Waals surface area (Å²) >= 11 is 0. The highest BCUT2D eigenvalue weighted by molar-refractivity contribution is 5.86. The largest absolute Gasteiger partial charge is 0.459 e. The predicted molar refractivity (Wildman–Crippen MR) is 129 cm³/mol. The van der Waals surface area contributed by atoms with Crippen LogP contribution >= 0.6 is 0 Å². The van der Waals surface area contributed by atoms with Crippen LogP contribution in [-0.4, -0.2) is 38.0 Å². The first-order valence-electron chi connectivity index (χ1n) is 12.0. The Morgan fingerprint density at radius 2 is 1.66 bits per heavy atom. The lowest BCUT2D eigenvalue weighted by molar-refractivity contribution is -0.139. The van der Waals surface area contributed by atoms with E-state index in [9.17, 15) is 9.59 Å². The minimum absolute atomic E-state index is 0.00619. The molecule has 0 fully saturated rings. The summed E-state index contributed by atoms with van der Waals surface area (Å²) in [5.41, 5.74) is 1.66. The van der Waals surface area contributed by atoms with E-state index in [1.54, 1.807) is 6.92 Å². The molecule has 1 aromatic rings. The molecule has 180 valence electrons. The zero-order valence-corrected chi connectivity index (χ0v) is 20.2. The topological polar surface area (TPSA) is 76.7 Å². The number of unbranched alkanes of at least 4 members (excludes halogenated alkanes) is 5. The van der Waals surface area contributed by atoms with Crippen molar-refractivity contribution >= 4 is 12.1 Å². The SMILES string of the molecule is C=C(C)C(=O)OCCOC(=O)NC(C)NCC(CCCCCCCC)Cc1ccccc1. The van der Waals surface area contributed by atoms with E-state index >= 15 is 0 Å². The van der Waals surface area contributed by atoms with Gasteiger partial charge in [0.05, 0.1) is 6.17 Å². The Hall–Kier alpha value is -2.34. The Morgan fingerprint density at radius 1 is 1.00 bits per heavy atom. The Bertz CT molecular complexity index is 663. The van der Waals surface area contributed by atoms with Gasteiger partial charge in [0.1, 0.15) is 13.2 Å². The molecule has 1 aromatic carbocycles. The van der Waals surface area contributed by atoms with Crippen LogP contribution in [0.2, 0.25) is 0 Å². The molecule has 1 amide bonds. The highest BCUT2D eigenvalue weighted by Crippen LogP contribution is 2.17. The van der Waals surface area contributed by atoms with Gasteiger partial charge in [-0.25, -0.2) is 9.59 Å². The summed E-state index contributed by atoms with van der Waals surface area (Å²) in [4.78, 5) is 23.2. The van der Waals surface area contributed by atoms with E-state index in [2.05, 4.69) is 48.4 Å². The highest BCUT2D eigenvalue weighted by Gasteiger charge is 2.13. The second kappa shape index (κ2) is 17.2. The van der Waals surface area contributed by atoms with Crippen LogP contribution in [0, 0.1) is 5.92 Å². The fourth-order valence-corrected chi connectivity index (χ4v) is 3.44. The minimum atomic E-state index is -0.535. The number of benzene rings is 1. The van der Waals surface area contributed by atoms with Crippen molar-refractivity contribution in [2.75, 3.05) is 19.8 Å². The molecule has 0 bridgehead atoms. The number of amides is 1. The van der Waals surface area contributed by atoms with Crippen LogP contribution in [-0.2, 0) is 20.7 Å². The molecule has 0 heterocycles. The lowest BCUT2D eigenvalue weighted by Gasteiger charge is -2.22. The summed E-state index contributed by atoms with van der Waals surface area (Å²) in [6.45, 7) is 10.0. The molecule has 0 aliphatic heterocycles. The summed E-state index contributed by atoms with van der Waals surface area (Å²) in [7, 11) is 0. The van der Waals surface area contributed by atoms with Crippen LogP contribution in [0.5, 0.6) is 0 Å². The average molecular weight is 447 g/mol. The standard InChI is InChI=1S/C26H42N2O4/c1-5-6-7-8-9-11-16-24(19-23-14-12-10-13-15-23)20-27-22(4)28-26(30)32-18-17-31-25(29)21(2)3/h10,12-15,22,24,27H,2,5-9,11,16-20H2,1,3-4H3,(H,28,30). The molecule has 0 aromatic heterocycles. The third kappa shape index (κ3) is 13.9. The Morgan fingerprint density at radius 3 is 2.34 bits per heavy atom. The first kappa shape index (κ1) is 27.7. The summed E-state index contributed by atoms with van der Waals surface area (Å²) in [5, 5.41) is 6.18. The van der Waals surface area contributed by atoms with Crippen molar-refractivity contribution in [3.8, 4) is 0 Å². The summed E-state index contributed by atoms with van der Waals surface area (Å²) in [6.07, 6.45) is 9.18. The van der Waals surface area contributed by atoms with Gasteiger partial charge in [-0.2, -0.15) is 0 Å². The minimum Gasteiger partial charge on any atom is -0.459 e. The number of carbonyl (C=O) groups excluding carboxylic acids is 2. The van der Waals surface area contributed by atoms with Crippen molar-refractivity contribution < 1.29 is 19.1 Å². The number of carbonyl (C=O) groups is 2. The van der Waals surface area contributed by atoms with Gasteiger partial charge in [-0.05, 0) is 38.2 Å². The maximum atomic E-state index is 11.9. The van der Waals surface area contributed by atoms with E-state index in [1.807, 2.05) is 13.0 Å². The van der Waals surface area contributed by atoms with Crippen LogP contribution in [0.3, 0.4) is 0 Å². The molecule has 0 saturated heterocycles. The molecular weight excluding hydrogens is 404 g/mol. The van der Waals surface area contributed by atoms with Crippen LogP contribution in [0.15, 0.2) is 42.5 Å². The number of hydrogen-bond acceptors (Lipinski definition) is 5. The number of ether oxygens (including phenoxy) is 2. The average Bonchev–Trinajstić information content (AvgIpc) is 2.77. The molecular formula is C26H42N2O4. The second-order valence-electron chi connectivity index (χ2n) is 8.44. The molecule has 2 N–H and O–H groups in total. The van der Waals surface area contributed by atoms with Crippen molar-refractivity contribution in [3.05, 3.63) is 48.0 Å². The zero-order valence-electron chi connectivity index (χ0n) is 20.2. The summed E-state index contributed by atoms with van der Waals surface area (Å²) in [6, 6.07) is 10.6. The van der Waals surface area contributed by atoms with Crippen LogP contribution in [0.25, 0.3) is 0 Å². The molecule has 0 saturated carbocycles.